The molecule has 0 saturated carbocycles. The molecule has 1 aromatic heterocycles. The quantitative estimate of drug-likeness (QED) is 0.551. The fraction of sp³-hybridized carbons (Fsp3) is 0.517. The molecule has 0 bridgehead atoms. The van der Waals surface area contributed by atoms with Crippen LogP contribution < -0.4 is 10.2 Å². The Labute approximate surface area is 243 Å². The number of anilines is 1. The number of aromatic nitrogens is 1. The second kappa shape index (κ2) is 13.0. The van der Waals surface area contributed by atoms with Gasteiger partial charge >= 0.3 is 12.3 Å². The van der Waals surface area contributed by atoms with E-state index in [2.05, 4.69) is 15.2 Å². The summed E-state index contributed by atoms with van der Waals surface area (Å²) in [5.41, 5.74) is -0.784. The molecule has 2 aliphatic rings. The van der Waals surface area contributed by atoms with Gasteiger partial charge in [-0.3, -0.25) is 14.5 Å². The molecule has 228 valence electrons. The molecule has 4 rings (SSSR count). The van der Waals surface area contributed by atoms with Crippen molar-refractivity contribution >= 4 is 23.6 Å². The maximum absolute atomic E-state index is 13.3. The lowest BCUT2D eigenvalue weighted by Crippen LogP contribution is -2.51. The lowest BCUT2D eigenvalue weighted by molar-refractivity contribution is -0.138. The molecule has 42 heavy (non-hydrogen) atoms. The molecule has 1 N–H and O–H groups in total. The molecule has 2 aromatic rings. The van der Waals surface area contributed by atoms with E-state index < -0.39 is 23.2 Å². The van der Waals surface area contributed by atoms with Crippen molar-refractivity contribution in [2.45, 2.75) is 32.5 Å². The zero-order valence-electron chi connectivity index (χ0n) is 24.1. The normalized spacial score (nSPS) is 16.8. The molecule has 3 amide bonds. The standard InChI is InChI=1S/C29H37F3N6O4/c1-28(2,3)42-27(41)38-14-12-35(13-15-38)11-10-33-25(39)24-9-8-21(20-34-24)36-16-18-37(19-17-36)26(40)22-6-4-5-7-23(22)29(30,31)32/h4-9,20H,10-19H2,1-3H3,(H,33,39). The molecule has 3 heterocycles. The minimum atomic E-state index is -4.60. The van der Waals surface area contributed by atoms with Crippen molar-refractivity contribution < 1.29 is 32.3 Å². The van der Waals surface area contributed by atoms with Gasteiger partial charge in [-0.15, -0.1) is 0 Å². The molecule has 10 nitrogen and oxygen atoms in total. The molecule has 13 heteroatoms. The Morgan fingerprint density at radius 3 is 2.12 bits per heavy atom. The number of hydrogen-bond acceptors (Lipinski definition) is 7. The predicted molar refractivity (Wildman–Crippen MR) is 150 cm³/mol. The Hall–Kier alpha value is -3.87. The minimum absolute atomic E-state index is 0.263. The number of piperazine rings is 2. The van der Waals surface area contributed by atoms with E-state index in [4.69, 9.17) is 4.74 Å². The summed E-state index contributed by atoms with van der Waals surface area (Å²) >= 11 is 0. The summed E-state index contributed by atoms with van der Waals surface area (Å²) in [5.74, 6) is -0.940. The monoisotopic (exact) mass is 590 g/mol. The third-order valence-electron chi connectivity index (χ3n) is 7.11. The first-order valence-electron chi connectivity index (χ1n) is 14.0. The first kappa shape index (κ1) is 31.1. The van der Waals surface area contributed by atoms with Gasteiger partial charge in [0, 0.05) is 65.4 Å². The molecule has 0 spiro atoms. The van der Waals surface area contributed by atoms with Gasteiger partial charge in [-0.05, 0) is 45.0 Å². The van der Waals surface area contributed by atoms with Gasteiger partial charge in [0.1, 0.15) is 11.3 Å². The molecular weight excluding hydrogens is 553 g/mol. The van der Waals surface area contributed by atoms with E-state index in [0.717, 1.165) is 11.8 Å². The zero-order chi connectivity index (χ0) is 30.5. The number of rotatable bonds is 6. The predicted octanol–water partition coefficient (Wildman–Crippen LogP) is 3.35. The molecular formula is C29H37F3N6O4. The molecule has 2 aliphatic heterocycles. The molecule has 0 unspecified atom stereocenters. The highest BCUT2D eigenvalue weighted by molar-refractivity contribution is 5.96. The van der Waals surface area contributed by atoms with E-state index in [1.807, 2.05) is 25.7 Å². The van der Waals surface area contributed by atoms with E-state index in [9.17, 15) is 27.6 Å². The van der Waals surface area contributed by atoms with Gasteiger partial charge in [-0.25, -0.2) is 9.78 Å². The van der Waals surface area contributed by atoms with Crippen LogP contribution in [0.5, 0.6) is 0 Å². The summed E-state index contributed by atoms with van der Waals surface area (Å²) in [5, 5.41) is 2.87. The van der Waals surface area contributed by atoms with Crippen LogP contribution in [0, 0.1) is 0 Å². The second-order valence-electron chi connectivity index (χ2n) is 11.3. The van der Waals surface area contributed by atoms with Crippen molar-refractivity contribution in [3.05, 3.63) is 59.4 Å². The molecule has 1 aromatic carbocycles. The van der Waals surface area contributed by atoms with E-state index >= 15 is 0 Å². The smallest absolute Gasteiger partial charge is 0.417 e. The van der Waals surface area contributed by atoms with Crippen LogP contribution >= 0.6 is 0 Å². The number of carbonyl (C=O) groups excluding carboxylic acids is 3. The van der Waals surface area contributed by atoms with Crippen LogP contribution in [0.3, 0.4) is 0 Å². The van der Waals surface area contributed by atoms with Gasteiger partial charge in [-0.1, -0.05) is 12.1 Å². The first-order valence-corrected chi connectivity index (χ1v) is 14.0. The van der Waals surface area contributed by atoms with Crippen LogP contribution in [0.4, 0.5) is 23.7 Å². The summed E-state index contributed by atoms with van der Waals surface area (Å²) in [6, 6.07) is 8.22. The Balaban J connectivity index is 1.20. The number of pyridine rings is 1. The average Bonchev–Trinajstić information content (AvgIpc) is 2.96. The summed E-state index contributed by atoms with van der Waals surface area (Å²) in [6.07, 6.45) is -3.33. The number of carbonyl (C=O) groups is 3. The first-order chi connectivity index (χ1) is 19.8. The highest BCUT2D eigenvalue weighted by atomic mass is 19.4. The Morgan fingerprint density at radius 2 is 1.52 bits per heavy atom. The summed E-state index contributed by atoms with van der Waals surface area (Å²) in [4.78, 5) is 49.2. The minimum Gasteiger partial charge on any atom is -0.444 e. The van der Waals surface area contributed by atoms with Gasteiger partial charge < -0.3 is 24.8 Å². The number of amides is 3. The van der Waals surface area contributed by atoms with Crippen LogP contribution in [0.25, 0.3) is 0 Å². The van der Waals surface area contributed by atoms with Gasteiger partial charge in [0.15, 0.2) is 0 Å². The number of hydrogen-bond donors (Lipinski definition) is 1. The van der Waals surface area contributed by atoms with Crippen molar-refractivity contribution in [1.82, 2.24) is 25.0 Å². The van der Waals surface area contributed by atoms with E-state index in [1.54, 1.807) is 23.2 Å². The van der Waals surface area contributed by atoms with Crippen molar-refractivity contribution in [3.63, 3.8) is 0 Å². The highest BCUT2D eigenvalue weighted by Crippen LogP contribution is 2.32. The Kier molecular flexibility index (Phi) is 9.60. The van der Waals surface area contributed by atoms with Crippen molar-refractivity contribution in [1.29, 1.82) is 0 Å². The molecule has 0 atom stereocenters. The topological polar surface area (TPSA) is 98.3 Å². The third-order valence-corrected chi connectivity index (χ3v) is 7.11. The van der Waals surface area contributed by atoms with E-state index in [0.29, 0.717) is 52.4 Å². The average molecular weight is 591 g/mol. The number of ether oxygens (including phenoxy) is 1. The van der Waals surface area contributed by atoms with E-state index in [1.165, 1.54) is 23.1 Å². The highest BCUT2D eigenvalue weighted by Gasteiger charge is 2.36. The van der Waals surface area contributed by atoms with Gasteiger partial charge in [-0.2, -0.15) is 13.2 Å². The number of nitrogens with zero attached hydrogens (tertiary/aromatic N) is 5. The van der Waals surface area contributed by atoms with Crippen LogP contribution in [0.15, 0.2) is 42.6 Å². The number of halogens is 3. The Bertz CT molecular complexity index is 1250. The van der Waals surface area contributed by atoms with Crippen LogP contribution in [-0.2, 0) is 10.9 Å². The second-order valence-corrected chi connectivity index (χ2v) is 11.3. The summed E-state index contributed by atoms with van der Waals surface area (Å²) in [6.45, 7) is 10.5. The number of alkyl halides is 3. The van der Waals surface area contributed by atoms with Gasteiger partial charge in [0.2, 0.25) is 0 Å². The van der Waals surface area contributed by atoms with Gasteiger partial charge in [0.05, 0.1) is 23.0 Å². The van der Waals surface area contributed by atoms with Crippen molar-refractivity contribution in [2.24, 2.45) is 0 Å². The van der Waals surface area contributed by atoms with E-state index in [-0.39, 0.29) is 36.3 Å². The molecule has 2 fully saturated rings. The largest absolute Gasteiger partial charge is 0.444 e. The van der Waals surface area contributed by atoms with Gasteiger partial charge in [0.25, 0.3) is 11.8 Å². The lowest BCUT2D eigenvalue weighted by atomic mass is 10.1. The number of benzene rings is 1. The molecule has 0 aliphatic carbocycles. The molecule has 2 saturated heterocycles. The van der Waals surface area contributed by atoms with Crippen LogP contribution in [0.2, 0.25) is 0 Å². The fourth-order valence-electron chi connectivity index (χ4n) is 4.86. The summed E-state index contributed by atoms with van der Waals surface area (Å²) in [7, 11) is 0. The fourth-order valence-corrected chi connectivity index (χ4v) is 4.86. The Morgan fingerprint density at radius 1 is 0.881 bits per heavy atom. The third kappa shape index (κ3) is 8.11. The maximum atomic E-state index is 13.3. The van der Waals surface area contributed by atoms with Crippen molar-refractivity contribution in [3.8, 4) is 0 Å². The maximum Gasteiger partial charge on any atom is 0.417 e. The van der Waals surface area contributed by atoms with Crippen molar-refractivity contribution in [2.75, 3.05) is 70.3 Å². The number of nitrogens with one attached hydrogen (secondary N) is 1. The van der Waals surface area contributed by atoms with Crippen LogP contribution in [0.1, 0.15) is 47.2 Å². The lowest BCUT2D eigenvalue weighted by Gasteiger charge is -2.36. The SMILES string of the molecule is CC(C)(C)OC(=O)N1CCN(CCNC(=O)c2ccc(N3CCN(C(=O)c4ccccc4C(F)(F)F)CC3)cn2)CC1. The summed E-state index contributed by atoms with van der Waals surface area (Å²) < 4.78 is 45.5. The molecule has 0 radical (unpaired) electrons. The van der Waals surface area contributed by atoms with Crippen LogP contribution in [-0.4, -0.2) is 109 Å². The zero-order valence-corrected chi connectivity index (χ0v) is 24.1.